The quantitative estimate of drug-likeness (QED) is 0.880. The van der Waals surface area contributed by atoms with Gasteiger partial charge in [-0.2, -0.15) is 9.36 Å². The molecule has 0 aliphatic rings. The highest BCUT2D eigenvalue weighted by Gasteiger charge is 2.19. The van der Waals surface area contributed by atoms with E-state index in [9.17, 15) is 0 Å². The lowest BCUT2D eigenvalue weighted by Crippen LogP contribution is -1.97. The Morgan fingerprint density at radius 1 is 1.50 bits per heavy atom. The number of hydrogen-bond donors (Lipinski definition) is 1. The van der Waals surface area contributed by atoms with Crippen LogP contribution in [-0.4, -0.2) is 21.6 Å². The maximum Gasteiger partial charge on any atom is 0.262 e. The summed E-state index contributed by atoms with van der Waals surface area (Å²) in [4.78, 5) is 4.23. The van der Waals surface area contributed by atoms with Gasteiger partial charge in [-0.1, -0.05) is 5.16 Å². The van der Waals surface area contributed by atoms with Crippen molar-refractivity contribution in [3.63, 3.8) is 0 Å². The summed E-state index contributed by atoms with van der Waals surface area (Å²) in [6.45, 7) is 3.70. The van der Waals surface area contributed by atoms with Crippen LogP contribution in [0.1, 0.15) is 24.5 Å². The van der Waals surface area contributed by atoms with Crippen LogP contribution in [-0.2, 0) is 4.74 Å². The van der Waals surface area contributed by atoms with E-state index in [-0.39, 0.29) is 6.10 Å². The average Bonchev–Trinajstić information content (AvgIpc) is 2.85. The predicted molar refractivity (Wildman–Crippen MR) is 60.0 cm³/mol. The molecule has 0 spiro atoms. The lowest BCUT2D eigenvalue weighted by atomic mass is 10.2. The molecule has 0 bridgehead atoms. The van der Waals surface area contributed by atoms with Crippen LogP contribution in [0.5, 0.6) is 0 Å². The molecule has 1 atom stereocenters. The van der Waals surface area contributed by atoms with Crippen molar-refractivity contribution < 1.29 is 9.26 Å². The first-order valence-electron chi connectivity index (χ1n) is 4.72. The van der Waals surface area contributed by atoms with Gasteiger partial charge in [0.1, 0.15) is 11.1 Å². The molecule has 7 heteroatoms. The van der Waals surface area contributed by atoms with Crippen LogP contribution >= 0.6 is 11.5 Å². The number of anilines is 1. The third-order valence-electron chi connectivity index (χ3n) is 2.26. The predicted octanol–water partition coefficient (Wildman–Crippen LogP) is 1.79. The van der Waals surface area contributed by atoms with Crippen LogP contribution in [0.4, 0.5) is 5.00 Å². The molecule has 16 heavy (non-hydrogen) atoms. The fraction of sp³-hybridized carbons (Fsp3) is 0.444. The summed E-state index contributed by atoms with van der Waals surface area (Å²) in [6, 6.07) is 0. The smallest absolute Gasteiger partial charge is 0.262 e. The van der Waals surface area contributed by atoms with Crippen molar-refractivity contribution in [1.29, 1.82) is 0 Å². The van der Waals surface area contributed by atoms with E-state index in [2.05, 4.69) is 14.5 Å². The highest BCUT2D eigenvalue weighted by Crippen LogP contribution is 2.31. The van der Waals surface area contributed by atoms with Gasteiger partial charge in [0.05, 0.1) is 11.3 Å². The number of methoxy groups -OCH3 is 1. The van der Waals surface area contributed by atoms with Gasteiger partial charge in [0.25, 0.3) is 5.89 Å². The summed E-state index contributed by atoms with van der Waals surface area (Å²) in [5.41, 5.74) is 7.30. The van der Waals surface area contributed by atoms with Crippen molar-refractivity contribution in [1.82, 2.24) is 14.5 Å². The molecular weight excluding hydrogens is 228 g/mol. The Morgan fingerprint density at radius 3 is 2.81 bits per heavy atom. The summed E-state index contributed by atoms with van der Waals surface area (Å²) in [5, 5.41) is 4.42. The second kappa shape index (κ2) is 4.18. The van der Waals surface area contributed by atoms with Crippen molar-refractivity contribution in [2.75, 3.05) is 12.8 Å². The highest BCUT2D eigenvalue weighted by molar-refractivity contribution is 7.10. The van der Waals surface area contributed by atoms with E-state index in [0.29, 0.717) is 22.3 Å². The van der Waals surface area contributed by atoms with Gasteiger partial charge in [-0.25, -0.2) is 0 Å². The van der Waals surface area contributed by atoms with Gasteiger partial charge < -0.3 is 15.0 Å². The van der Waals surface area contributed by atoms with Gasteiger partial charge in [-0.15, -0.1) is 0 Å². The van der Waals surface area contributed by atoms with E-state index >= 15 is 0 Å². The number of rotatable bonds is 3. The molecule has 0 saturated heterocycles. The molecule has 0 saturated carbocycles. The lowest BCUT2D eigenvalue weighted by molar-refractivity contribution is 0.109. The minimum atomic E-state index is -0.203. The van der Waals surface area contributed by atoms with Gasteiger partial charge in [0, 0.05) is 7.11 Å². The topological polar surface area (TPSA) is 87.1 Å². The van der Waals surface area contributed by atoms with Crippen LogP contribution in [0.25, 0.3) is 11.5 Å². The molecule has 1 unspecified atom stereocenters. The Morgan fingerprint density at radius 2 is 2.25 bits per heavy atom. The highest BCUT2D eigenvalue weighted by atomic mass is 32.1. The SMILES string of the molecule is COC(C)c1noc(-c2c(C)nsc2N)n1. The molecule has 0 aliphatic carbocycles. The summed E-state index contributed by atoms with van der Waals surface area (Å²) < 4.78 is 14.4. The summed E-state index contributed by atoms with van der Waals surface area (Å²) in [5.74, 6) is 0.894. The molecule has 0 radical (unpaired) electrons. The maximum absolute atomic E-state index is 5.79. The van der Waals surface area contributed by atoms with Crippen molar-refractivity contribution in [3.8, 4) is 11.5 Å². The van der Waals surface area contributed by atoms with Crippen LogP contribution in [0.3, 0.4) is 0 Å². The third kappa shape index (κ3) is 1.79. The number of aromatic nitrogens is 3. The Balaban J connectivity index is 2.39. The van der Waals surface area contributed by atoms with E-state index in [0.717, 1.165) is 5.69 Å². The molecule has 0 fully saturated rings. The van der Waals surface area contributed by atoms with Crippen LogP contribution in [0.2, 0.25) is 0 Å². The summed E-state index contributed by atoms with van der Waals surface area (Å²) in [7, 11) is 1.59. The Bertz CT molecular complexity index is 474. The zero-order chi connectivity index (χ0) is 11.7. The zero-order valence-electron chi connectivity index (χ0n) is 9.22. The first-order chi connectivity index (χ1) is 7.63. The monoisotopic (exact) mass is 240 g/mol. The fourth-order valence-corrected chi connectivity index (χ4v) is 1.91. The molecule has 2 aromatic rings. The summed E-state index contributed by atoms with van der Waals surface area (Å²) >= 11 is 1.22. The van der Waals surface area contributed by atoms with E-state index in [1.54, 1.807) is 7.11 Å². The van der Waals surface area contributed by atoms with Gasteiger partial charge in [-0.05, 0) is 25.4 Å². The molecule has 2 heterocycles. The molecule has 86 valence electrons. The van der Waals surface area contributed by atoms with Gasteiger partial charge in [-0.3, -0.25) is 0 Å². The van der Waals surface area contributed by atoms with Crippen LogP contribution in [0.15, 0.2) is 4.52 Å². The summed E-state index contributed by atoms with van der Waals surface area (Å²) in [6.07, 6.45) is -0.203. The van der Waals surface area contributed by atoms with Gasteiger partial charge in [0.15, 0.2) is 0 Å². The largest absolute Gasteiger partial charge is 0.389 e. The van der Waals surface area contributed by atoms with Crippen molar-refractivity contribution in [3.05, 3.63) is 11.5 Å². The van der Waals surface area contributed by atoms with E-state index < -0.39 is 0 Å². The Labute approximate surface area is 96.6 Å². The number of ether oxygens (including phenoxy) is 1. The molecule has 6 nitrogen and oxygen atoms in total. The molecular formula is C9H12N4O2S. The zero-order valence-corrected chi connectivity index (χ0v) is 10.0. The van der Waals surface area contributed by atoms with Crippen molar-refractivity contribution in [2.45, 2.75) is 20.0 Å². The standard InChI is InChI=1S/C9H12N4O2S/c1-4-6(7(10)16-13-4)9-11-8(12-15-9)5(2)14-3/h5H,10H2,1-3H3. The number of nitrogens with zero attached hydrogens (tertiary/aromatic N) is 3. The normalized spacial score (nSPS) is 12.9. The van der Waals surface area contributed by atoms with Gasteiger partial charge >= 0.3 is 0 Å². The minimum Gasteiger partial charge on any atom is -0.389 e. The Hall–Kier alpha value is -1.47. The lowest BCUT2D eigenvalue weighted by Gasteiger charge is -2.00. The average molecular weight is 240 g/mol. The van der Waals surface area contributed by atoms with Gasteiger partial charge in [0.2, 0.25) is 5.82 Å². The number of aryl methyl sites for hydroxylation is 1. The van der Waals surface area contributed by atoms with Crippen LogP contribution in [0, 0.1) is 6.92 Å². The van der Waals surface area contributed by atoms with Crippen molar-refractivity contribution in [2.24, 2.45) is 0 Å². The fourth-order valence-electron chi connectivity index (χ4n) is 1.25. The van der Waals surface area contributed by atoms with E-state index in [1.165, 1.54) is 11.5 Å². The number of nitrogen functional groups attached to an aromatic ring is 1. The number of nitrogens with two attached hydrogens (primary N) is 1. The van der Waals surface area contributed by atoms with E-state index in [4.69, 9.17) is 15.0 Å². The molecule has 0 amide bonds. The van der Waals surface area contributed by atoms with Crippen LogP contribution < -0.4 is 5.73 Å². The molecule has 0 aromatic carbocycles. The maximum atomic E-state index is 5.79. The van der Waals surface area contributed by atoms with E-state index in [1.807, 2.05) is 13.8 Å². The van der Waals surface area contributed by atoms with Crippen molar-refractivity contribution >= 4 is 16.5 Å². The molecule has 2 rings (SSSR count). The minimum absolute atomic E-state index is 0.203. The first kappa shape index (κ1) is 11.0. The second-order valence-corrected chi connectivity index (χ2v) is 4.15. The molecule has 2 aromatic heterocycles. The number of hydrogen-bond acceptors (Lipinski definition) is 7. The third-order valence-corrected chi connectivity index (χ3v) is 3.03. The first-order valence-corrected chi connectivity index (χ1v) is 5.49. The second-order valence-electron chi connectivity index (χ2n) is 3.34. The Kier molecular flexibility index (Phi) is 2.88. The molecule has 0 aliphatic heterocycles. The molecule has 2 N–H and O–H groups in total.